The molecule has 0 heterocycles. The van der Waals surface area contributed by atoms with Crippen molar-refractivity contribution >= 4 is 5.78 Å². The topological polar surface area (TPSA) is 17.1 Å². The Morgan fingerprint density at radius 1 is 0.944 bits per heavy atom. The molecule has 2 aromatic carbocycles. The zero-order valence-electron chi connectivity index (χ0n) is 9.95. The first kappa shape index (κ1) is 11.1. The number of carbonyl (C=O) groups excluding carboxylic acids is 1. The minimum Gasteiger partial charge on any atom is -0.299 e. The molecule has 0 aromatic heterocycles. The summed E-state index contributed by atoms with van der Waals surface area (Å²) < 4.78 is 13.7. The van der Waals surface area contributed by atoms with Crippen LogP contribution in [0.5, 0.6) is 0 Å². The molecule has 18 heavy (non-hydrogen) atoms. The summed E-state index contributed by atoms with van der Waals surface area (Å²) in [6.45, 7) is 0. The average molecular weight is 240 g/mol. The molecular formula is C16H13FO. The zero-order valence-corrected chi connectivity index (χ0v) is 9.95. The van der Waals surface area contributed by atoms with Crippen molar-refractivity contribution in [3.05, 3.63) is 59.4 Å². The molecule has 90 valence electrons. The van der Waals surface area contributed by atoms with Crippen molar-refractivity contribution in [3.63, 3.8) is 0 Å². The van der Waals surface area contributed by atoms with E-state index >= 15 is 0 Å². The van der Waals surface area contributed by atoms with Gasteiger partial charge >= 0.3 is 0 Å². The SMILES string of the molecule is O=C1CCc2cc(-c3ccccc3F)ccc2C1. The summed E-state index contributed by atoms with van der Waals surface area (Å²) in [5, 5.41) is 0. The lowest BCUT2D eigenvalue weighted by Gasteiger charge is -2.16. The number of Topliss-reactive ketones (excluding diaryl/α,β-unsaturated/α-hetero) is 1. The van der Waals surface area contributed by atoms with Crippen LogP contribution in [0.4, 0.5) is 4.39 Å². The van der Waals surface area contributed by atoms with Gasteiger partial charge in [0.25, 0.3) is 0 Å². The Balaban J connectivity index is 2.05. The Hall–Kier alpha value is -1.96. The highest BCUT2D eigenvalue weighted by Gasteiger charge is 2.16. The van der Waals surface area contributed by atoms with Crippen LogP contribution >= 0.6 is 0 Å². The Morgan fingerprint density at radius 2 is 1.78 bits per heavy atom. The Morgan fingerprint density at radius 3 is 2.61 bits per heavy atom. The van der Waals surface area contributed by atoms with Crippen molar-refractivity contribution in [1.82, 2.24) is 0 Å². The summed E-state index contributed by atoms with van der Waals surface area (Å²) in [5.74, 6) is 0.0884. The lowest BCUT2D eigenvalue weighted by atomic mass is 9.88. The van der Waals surface area contributed by atoms with E-state index in [-0.39, 0.29) is 5.82 Å². The van der Waals surface area contributed by atoms with E-state index in [1.807, 2.05) is 24.3 Å². The third kappa shape index (κ3) is 1.94. The molecule has 0 fully saturated rings. The van der Waals surface area contributed by atoms with E-state index in [1.54, 1.807) is 12.1 Å². The van der Waals surface area contributed by atoms with Crippen LogP contribution in [-0.4, -0.2) is 5.78 Å². The monoisotopic (exact) mass is 240 g/mol. The number of ketones is 1. The summed E-state index contributed by atoms with van der Waals surface area (Å²) in [7, 11) is 0. The largest absolute Gasteiger partial charge is 0.299 e. The fraction of sp³-hybridized carbons (Fsp3) is 0.188. The zero-order chi connectivity index (χ0) is 12.5. The number of aryl methyl sites for hydroxylation is 1. The third-order valence-corrected chi connectivity index (χ3v) is 3.45. The minimum absolute atomic E-state index is 0.204. The van der Waals surface area contributed by atoms with E-state index in [0.717, 1.165) is 17.5 Å². The van der Waals surface area contributed by atoms with Crippen LogP contribution in [0.25, 0.3) is 11.1 Å². The average Bonchev–Trinajstić information content (AvgIpc) is 2.39. The van der Waals surface area contributed by atoms with Crippen LogP contribution in [0.3, 0.4) is 0 Å². The number of fused-ring (bicyclic) bond motifs is 1. The van der Waals surface area contributed by atoms with Crippen molar-refractivity contribution in [3.8, 4) is 11.1 Å². The van der Waals surface area contributed by atoms with Crippen LogP contribution in [0.1, 0.15) is 17.5 Å². The third-order valence-electron chi connectivity index (χ3n) is 3.45. The quantitative estimate of drug-likeness (QED) is 0.745. The smallest absolute Gasteiger partial charge is 0.137 e. The van der Waals surface area contributed by atoms with Crippen molar-refractivity contribution in [2.75, 3.05) is 0 Å². The van der Waals surface area contributed by atoms with E-state index in [1.165, 1.54) is 11.6 Å². The summed E-state index contributed by atoms with van der Waals surface area (Å²) in [5.41, 5.74) is 3.78. The maximum atomic E-state index is 13.7. The van der Waals surface area contributed by atoms with Crippen LogP contribution in [0.2, 0.25) is 0 Å². The second-order valence-electron chi connectivity index (χ2n) is 4.68. The maximum Gasteiger partial charge on any atom is 0.137 e. The number of benzene rings is 2. The van der Waals surface area contributed by atoms with Crippen LogP contribution in [0.15, 0.2) is 42.5 Å². The van der Waals surface area contributed by atoms with Gasteiger partial charge in [-0.25, -0.2) is 4.39 Å². The molecule has 0 amide bonds. The summed E-state index contributed by atoms with van der Waals surface area (Å²) >= 11 is 0. The highest BCUT2D eigenvalue weighted by molar-refractivity contribution is 5.83. The standard InChI is InChI=1S/C16H13FO/c17-16-4-2-1-3-15(16)13-6-5-12-10-14(18)8-7-11(12)9-13/h1-6,9H,7-8,10H2. The molecule has 0 bridgehead atoms. The number of hydrogen-bond acceptors (Lipinski definition) is 1. The van der Waals surface area contributed by atoms with Crippen molar-refractivity contribution in [1.29, 1.82) is 0 Å². The van der Waals surface area contributed by atoms with Gasteiger partial charge in [0.15, 0.2) is 0 Å². The van der Waals surface area contributed by atoms with E-state index in [4.69, 9.17) is 0 Å². The van der Waals surface area contributed by atoms with Gasteiger partial charge in [0.2, 0.25) is 0 Å². The second kappa shape index (κ2) is 4.37. The van der Waals surface area contributed by atoms with Gasteiger partial charge in [-0.05, 0) is 29.2 Å². The molecule has 0 spiro atoms. The van der Waals surface area contributed by atoms with Crippen LogP contribution < -0.4 is 0 Å². The molecule has 0 radical (unpaired) electrons. The summed E-state index contributed by atoms with van der Waals surface area (Å²) in [6, 6.07) is 12.6. The van der Waals surface area contributed by atoms with Gasteiger partial charge in [0.05, 0.1) is 0 Å². The molecule has 2 heteroatoms. The predicted molar refractivity (Wildman–Crippen MR) is 68.9 cm³/mol. The minimum atomic E-state index is -0.204. The molecule has 0 aliphatic heterocycles. The predicted octanol–water partition coefficient (Wildman–Crippen LogP) is 3.55. The Bertz CT molecular complexity index is 616. The van der Waals surface area contributed by atoms with E-state index in [9.17, 15) is 9.18 Å². The lowest BCUT2D eigenvalue weighted by molar-refractivity contribution is -0.118. The van der Waals surface area contributed by atoms with Gasteiger partial charge < -0.3 is 0 Å². The first-order chi connectivity index (χ1) is 8.74. The molecule has 0 atom stereocenters. The molecule has 1 aliphatic rings. The van der Waals surface area contributed by atoms with Gasteiger partial charge in [-0.2, -0.15) is 0 Å². The van der Waals surface area contributed by atoms with Gasteiger partial charge in [-0.15, -0.1) is 0 Å². The van der Waals surface area contributed by atoms with Crippen LogP contribution in [0, 0.1) is 5.82 Å². The number of hydrogen-bond donors (Lipinski definition) is 0. The first-order valence-electron chi connectivity index (χ1n) is 6.12. The summed E-state index contributed by atoms with van der Waals surface area (Å²) in [6.07, 6.45) is 1.90. The Kier molecular flexibility index (Phi) is 2.71. The van der Waals surface area contributed by atoms with Gasteiger partial charge in [0.1, 0.15) is 11.6 Å². The van der Waals surface area contributed by atoms with Crippen molar-refractivity contribution in [2.45, 2.75) is 19.3 Å². The van der Waals surface area contributed by atoms with Crippen molar-refractivity contribution in [2.24, 2.45) is 0 Å². The molecule has 1 nitrogen and oxygen atoms in total. The molecular weight excluding hydrogens is 227 g/mol. The molecule has 1 aliphatic carbocycles. The fourth-order valence-corrected chi connectivity index (χ4v) is 2.47. The summed E-state index contributed by atoms with van der Waals surface area (Å²) in [4.78, 5) is 11.4. The van der Waals surface area contributed by atoms with Crippen molar-refractivity contribution < 1.29 is 9.18 Å². The molecule has 0 saturated carbocycles. The normalized spacial score (nSPS) is 14.4. The number of halogens is 1. The highest BCUT2D eigenvalue weighted by atomic mass is 19.1. The van der Waals surface area contributed by atoms with Gasteiger partial charge in [0, 0.05) is 18.4 Å². The fourth-order valence-electron chi connectivity index (χ4n) is 2.47. The molecule has 3 rings (SSSR count). The van der Waals surface area contributed by atoms with Gasteiger partial charge in [-0.1, -0.05) is 36.4 Å². The van der Waals surface area contributed by atoms with E-state index in [0.29, 0.717) is 24.2 Å². The molecule has 0 saturated heterocycles. The molecule has 2 aromatic rings. The van der Waals surface area contributed by atoms with E-state index < -0.39 is 0 Å². The number of rotatable bonds is 1. The lowest BCUT2D eigenvalue weighted by Crippen LogP contribution is -2.13. The highest BCUT2D eigenvalue weighted by Crippen LogP contribution is 2.27. The molecule has 0 N–H and O–H groups in total. The maximum absolute atomic E-state index is 13.7. The van der Waals surface area contributed by atoms with E-state index in [2.05, 4.69) is 0 Å². The second-order valence-corrected chi connectivity index (χ2v) is 4.68. The molecule has 0 unspecified atom stereocenters. The Labute approximate surface area is 105 Å². The first-order valence-corrected chi connectivity index (χ1v) is 6.12. The number of carbonyl (C=O) groups is 1. The van der Waals surface area contributed by atoms with Crippen LogP contribution in [-0.2, 0) is 17.6 Å². The van der Waals surface area contributed by atoms with Gasteiger partial charge in [-0.3, -0.25) is 4.79 Å².